The highest BCUT2D eigenvalue weighted by atomic mass is 79.9. The number of halogens is 1. The van der Waals surface area contributed by atoms with Gasteiger partial charge in [0, 0.05) is 23.5 Å². The number of rotatable bonds is 3. The Hall–Kier alpha value is -2.13. The maximum absolute atomic E-state index is 12.2. The van der Waals surface area contributed by atoms with Crippen LogP contribution in [0.15, 0.2) is 66.2 Å². The van der Waals surface area contributed by atoms with Crippen LogP contribution in [0.3, 0.4) is 0 Å². The molecule has 3 heteroatoms. The van der Waals surface area contributed by atoms with Crippen molar-refractivity contribution in [2.24, 2.45) is 0 Å². The molecule has 2 aromatic rings. The smallest absolute Gasteiger partial charge is 0.246 e. The van der Waals surface area contributed by atoms with Crippen LogP contribution in [0.1, 0.15) is 28.2 Å². The van der Waals surface area contributed by atoms with E-state index in [-0.39, 0.29) is 11.8 Å². The van der Waals surface area contributed by atoms with Crippen LogP contribution in [-0.4, -0.2) is 17.4 Å². The largest absolute Gasteiger partial charge is 0.334 e. The number of amides is 1. The number of nitrogens with zero attached hydrogens (tertiary/aromatic N) is 1. The first-order valence-electron chi connectivity index (χ1n) is 7.55. The first-order valence-corrected chi connectivity index (χ1v) is 8.34. The predicted molar refractivity (Wildman–Crippen MR) is 98.1 cm³/mol. The average molecular weight is 368 g/mol. The van der Waals surface area contributed by atoms with Crippen LogP contribution < -0.4 is 0 Å². The first kappa shape index (κ1) is 15.8. The molecule has 23 heavy (non-hydrogen) atoms. The Bertz CT molecular complexity index is 781. The summed E-state index contributed by atoms with van der Waals surface area (Å²) in [6, 6.07) is 14.5. The third-order valence-electron chi connectivity index (χ3n) is 4.32. The summed E-state index contributed by atoms with van der Waals surface area (Å²) in [7, 11) is 0. The Morgan fingerprint density at radius 1 is 1.17 bits per heavy atom. The zero-order chi connectivity index (χ0) is 16.4. The fraction of sp³-hybridized carbons (Fsp3) is 0.150. The Morgan fingerprint density at radius 2 is 1.96 bits per heavy atom. The van der Waals surface area contributed by atoms with Crippen molar-refractivity contribution in [1.82, 2.24) is 4.90 Å². The van der Waals surface area contributed by atoms with E-state index in [2.05, 4.69) is 59.4 Å². The molecule has 0 saturated carbocycles. The summed E-state index contributed by atoms with van der Waals surface area (Å²) in [5, 5.41) is 0. The van der Waals surface area contributed by atoms with Gasteiger partial charge in [0.05, 0.1) is 0 Å². The van der Waals surface area contributed by atoms with Gasteiger partial charge in [0.25, 0.3) is 0 Å². The van der Waals surface area contributed by atoms with Crippen LogP contribution in [0.4, 0.5) is 0 Å². The fourth-order valence-electron chi connectivity index (χ4n) is 3.22. The van der Waals surface area contributed by atoms with Crippen LogP contribution in [0.25, 0.3) is 6.08 Å². The predicted octanol–water partition coefficient (Wildman–Crippen LogP) is 4.75. The molecule has 1 aliphatic rings. The molecule has 1 aliphatic heterocycles. The van der Waals surface area contributed by atoms with Gasteiger partial charge in [-0.25, -0.2) is 0 Å². The topological polar surface area (TPSA) is 20.3 Å². The molecule has 1 heterocycles. The van der Waals surface area contributed by atoms with Gasteiger partial charge in [-0.15, -0.1) is 0 Å². The van der Waals surface area contributed by atoms with Crippen LogP contribution in [-0.2, 0) is 11.3 Å². The number of hydrogen-bond donors (Lipinski definition) is 0. The van der Waals surface area contributed by atoms with E-state index in [0.29, 0.717) is 13.1 Å². The number of carbonyl (C=O) groups excluding carboxylic acids is 1. The number of hydrogen-bond acceptors (Lipinski definition) is 1. The standard InChI is InChI=1S/C20H18BrNO/c1-3-14-7-5-6-8-17(14)19-13-22(20(23)4-2)12-15-11-16(21)9-10-18(15)19/h3-11,19H,1-2,12-13H2/t19-/m0/s1. The molecule has 1 atom stereocenters. The number of carbonyl (C=O) groups is 1. The molecule has 2 nitrogen and oxygen atoms in total. The van der Waals surface area contributed by atoms with Crippen molar-refractivity contribution in [2.45, 2.75) is 12.5 Å². The minimum absolute atomic E-state index is 0.0308. The van der Waals surface area contributed by atoms with Crippen LogP contribution in [0, 0.1) is 0 Å². The van der Waals surface area contributed by atoms with E-state index in [1.807, 2.05) is 23.1 Å². The highest BCUT2D eigenvalue weighted by Gasteiger charge is 2.29. The summed E-state index contributed by atoms with van der Waals surface area (Å²) in [5.74, 6) is 0.113. The minimum Gasteiger partial charge on any atom is -0.334 e. The van der Waals surface area contributed by atoms with Crippen molar-refractivity contribution in [3.8, 4) is 0 Å². The van der Waals surface area contributed by atoms with Crippen molar-refractivity contribution in [2.75, 3.05) is 6.54 Å². The zero-order valence-corrected chi connectivity index (χ0v) is 14.4. The Labute approximate surface area is 145 Å². The highest BCUT2D eigenvalue weighted by Crippen LogP contribution is 2.36. The van der Waals surface area contributed by atoms with Gasteiger partial charge in [0.15, 0.2) is 0 Å². The lowest BCUT2D eigenvalue weighted by atomic mass is 9.82. The molecule has 0 N–H and O–H groups in total. The molecular formula is C20H18BrNO. The molecule has 0 radical (unpaired) electrons. The summed E-state index contributed by atoms with van der Waals surface area (Å²) in [6.45, 7) is 8.82. The lowest BCUT2D eigenvalue weighted by Crippen LogP contribution is -2.37. The van der Waals surface area contributed by atoms with Crippen molar-refractivity contribution >= 4 is 27.9 Å². The normalized spacial score (nSPS) is 16.6. The van der Waals surface area contributed by atoms with Gasteiger partial charge in [-0.3, -0.25) is 4.79 Å². The van der Waals surface area contributed by atoms with Crippen LogP contribution in [0.5, 0.6) is 0 Å². The van der Waals surface area contributed by atoms with Gasteiger partial charge in [-0.05, 0) is 40.5 Å². The van der Waals surface area contributed by atoms with Crippen LogP contribution in [0.2, 0.25) is 0 Å². The molecule has 3 rings (SSSR count). The Kier molecular flexibility index (Phi) is 4.49. The summed E-state index contributed by atoms with van der Waals surface area (Å²) in [5.41, 5.74) is 4.76. The van der Waals surface area contributed by atoms with E-state index in [1.165, 1.54) is 22.8 Å². The monoisotopic (exact) mass is 367 g/mol. The van der Waals surface area contributed by atoms with E-state index in [4.69, 9.17) is 0 Å². The molecule has 1 amide bonds. The Balaban J connectivity index is 2.13. The molecule has 2 aromatic carbocycles. The quantitative estimate of drug-likeness (QED) is 0.716. The molecule has 0 bridgehead atoms. The Morgan fingerprint density at radius 3 is 2.70 bits per heavy atom. The number of fused-ring (bicyclic) bond motifs is 1. The summed E-state index contributed by atoms with van der Waals surface area (Å²) >= 11 is 3.53. The summed E-state index contributed by atoms with van der Waals surface area (Å²) in [6.07, 6.45) is 3.27. The molecule has 0 unspecified atom stereocenters. The van der Waals surface area contributed by atoms with Crippen molar-refractivity contribution in [1.29, 1.82) is 0 Å². The molecular weight excluding hydrogens is 350 g/mol. The molecule has 0 fully saturated rings. The molecule has 116 valence electrons. The van der Waals surface area contributed by atoms with Gasteiger partial charge in [-0.2, -0.15) is 0 Å². The minimum atomic E-state index is -0.0308. The lowest BCUT2D eigenvalue weighted by Gasteiger charge is -2.35. The summed E-state index contributed by atoms with van der Waals surface area (Å²) < 4.78 is 1.03. The van der Waals surface area contributed by atoms with Gasteiger partial charge in [-0.1, -0.05) is 65.5 Å². The second kappa shape index (κ2) is 6.55. The SMILES string of the molecule is C=CC(=O)N1Cc2cc(Br)ccc2[C@H](c2ccccc2C=C)C1. The maximum atomic E-state index is 12.2. The number of benzene rings is 2. The summed E-state index contributed by atoms with van der Waals surface area (Å²) in [4.78, 5) is 14.0. The van der Waals surface area contributed by atoms with Gasteiger partial charge in [0.1, 0.15) is 0 Å². The van der Waals surface area contributed by atoms with E-state index in [0.717, 1.165) is 10.0 Å². The third-order valence-corrected chi connectivity index (χ3v) is 4.82. The zero-order valence-electron chi connectivity index (χ0n) is 12.8. The van der Waals surface area contributed by atoms with E-state index < -0.39 is 0 Å². The molecule has 0 spiro atoms. The van der Waals surface area contributed by atoms with Crippen molar-refractivity contribution in [3.63, 3.8) is 0 Å². The maximum Gasteiger partial charge on any atom is 0.246 e. The molecule has 0 aromatic heterocycles. The van der Waals surface area contributed by atoms with E-state index >= 15 is 0 Å². The first-order chi connectivity index (χ1) is 11.1. The van der Waals surface area contributed by atoms with Gasteiger partial charge < -0.3 is 4.90 Å². The van der Waals surface area contributed by atoms with E-state index in [9.17, 15) is 4.79 Å². The fourth-order valence-corrected chi connectivity index (χ4v) is 3.63. The third kappa shape index (κ3) is 3.02. The molecule has 0 saturated heterocycles. The lowest BCUT2D eigenvalue weighted by molar-refractivity contribution is -0.127. The second-order valence-corrected chi connectivity index (χ2v) is 6.57. The highest BCUT2D eigenvalue weighted by molar-refractivity contribution is 9.10. The van der Waals surface area contributed by atoms with Gasteiger partial charge >= 0.3 is 0 Å². The second-order valence-electron chi connectivity index (χ2n) is 5.65. The van der Waals surface area contributed by atoms with Crippen molar-refractivity contribution in [3.05, 3.63) is 88.4 Å². The van der Waals surface area contributed by atoms with Crippen LogP contribution >= 0.6 is 15.9 Å². The molecule has 0 aliphatic carbocycles. The van der Waals surface area contributed by atoms with Crippen molar-refractivity contribution < 1.29 is 4.79 Å². The van der Waals surface area contributed by atoms with Gasteiger partial charge in [0.2, 0.25) is 5.91 Å². The van der Waals surface area contributed by atoms with E-state index in [1.54, 1.807) is 0 Å². The average Bonchev–Trinajstić information content (AvgIpc) is 2.59.